The maximum Gasteiger partial charge on any atom is 0.249 e. The molecule has 0 spiro atoms. The molecule has 1 aliphatic rings. The van der Waals surface area contributed by atoms with Crippen LogP contribution in [-0.4, -0.2) is 42.2 Å². The molecule has 1 unspecified atom stereocenters. The number of hydrogen-bond acceptors (Lipinski definition) is 8. The van der Waals surface area contributed by atoms with Crippen molar-refractivity contribution in [2.75, 3.05) is 5.32 Å². The molecule has 12 heteroatoms. The van der Waals surface area contributed by atoms with Crippen LogP contribution < -0.4 is 10.6 Å². The highest BCUT2D eigenvalue weighted by molar-refractivity contribution is 6.30. The molecule has 0 saturated carbocycles. The Bertz CT molecular complexity index is 1480. The number of carbonyl (C=O) groups is 2. The molecule has 0 saturated heterocycles. The van der Waals surface area contributed by atoms with E-state index in [1.165, 1.54) is 17.1 Å². The van der Waals surface area contributed by atoms with E-state index in [2.05, 4.69) is 36.4 Å². The maximum absolute atomic E-state index is 12.9. The van der Waals surface area contributed by atoms with E-state index in [4.69, 9.17) is 16.0 Å². The molecule has 2 aromatic carbocycles. The summed E-state index contributed by atoms with van der Waals surface area (Å²) in [5, 5.41) is 25.8. The number of nitrogens with zero attached hydrogens (tertiary/aromatic N) is 6. The second-order valence-electron chi connectivity index (χ2n) is 8.14. The normalized spacial score (nSPS) is 15.8. The highest BCUT2D eigenvalue weighted by Crippen LogP contribution is 2.29. The van der Waals surface area contributed by atoms with Crippen molar-refractivity contribution >= 4 is 35.2 Å². The van der Waals surface area contributed by atoms with Crippen molar-refractivity contribution in [3.05, 3.63) is 83.5 Å². The van der Waals surface area contributed by atoms with Crippen molar-refractivity contribution in [2.24, 2.45) is 0 Å². The van der Waals surface area contributed by atoms with Gasteiger partial charge >= 0.3 is 0 Å². The van der Waals surface area contributed by atoms with Gasteiger partial charge in [-0.25, -0.2) is 0 Å². The van der Waals surface area contributed by atoms with Gasteiger partial charge in [0.25, 0.3) is 0 Å². The van der Waals surface area contributed by atoms with Crippen LogP contribution in [0.25, 0.3) is 23.2 Å². The molecule has 2 amide bonds. The van der Waals surface area contributed by atoms with E-state index >= 15 is 0 Å². The number of para-hydroxylation sites is 1. The zero-order valence-electron chi connectivity index (χ0n) is 19.4. The summed E-state index contributed by atoms with van der Waals surface area (Å²) in [5.41, 5.74) is 2.49. The number of tetrazole rings is 1. The Morgan fingerprint density at radius 3 is 2.95 bits per heavy atom. The lowest BCUT2D eigenvalue weighted by Crippen LogP contribution is -2.26. The molecule has 2 aromatic heterocycles. The van der Waals surface area contributed by atoms with E-state index < -0.39 is 6.04 Å². The average molecular weight is 517 g/mol. The Balaban J connectivity index is 1.39. The van der Waals surface area contributed by atoms with Gasteiger partial charge in [0.05, 0.1) is 16.9 Å². The summed E-state index contributed by atoms with van der Waals surface area (Å²) < 4.78 is 7.41. The van der Waals surface area contributed by atoms with Crippen LogP contribution in [0.5, 0.6) is 0 Å². The SMILES string of the molecule is O=C(/C=C/c1cc(Cl)ccc1-n1cnnn1)NC1CC=CCCC(=O)Nc2ccccc2-c2nnc1o2. The first-order valence-corrected chi connectivity index (χ1v) is 11.8. The molecule has 0 radical (unpaired) electrons. The van der Waals surface area contributed by atoms with Gasteiger partial charge in [0.1, 0.15) is 12.4 Å². The number of fused-ring (bicyclic) bond motifs is 4. The van der Waals surface area contributed by atoms with Crippen molar-refractivity contribution in [1.82, 2.24) is 35.7 Å². The molecule has 2 bridgehead atoms. The standard InChI is InChI=1S/C25H21ClN8O3/c26-17-11-12-21(34-15-27-32-33-34)16(14-17)10-13-23(36)29-20-8-2-1-3-9-22(35)28-19-7-5-4-6-18(19)24-30-31-25(20)37-24/h1-2,4-7,10-15,20H,3,8-9H2,(H,28,35)(H,29,36)/b2-1?,13-10+. The lowest BCUT2D eigenvalue weighted by Gasteiger charge is -2.12. The number of benzene rings is 2. The van der Waals surface area contributed by atoms with Crippen LogP contribution >= 0.6 is 11.6 Å². The second-order valence-corrected chi connectivity index (χ2v) is 8.57. The van der Waals surface area contributed by atoms with Gasteiger partial charge in [-0.15, -0.1) is 15.3 Å². The molecule has 11 nitrogen and oxygen atoms in total. The summed E-state index contributed by atoms with van der Waals surface area (Å²) in [4.78, 5) is 25.2. The van der Waals surface area contributed by atoms with Gasteiger partial charge in [-0.1, -0.05) is 35.9 Å². The summed E-state index contributed by atoms with van der Waals surface area (Å²) >= 11 is 6.16. The van der Waals surface area contributed by atoms with Gasteiger partial charge < -0.3 is 15.1 Å². The van der Waals surface area contributed by atoms with Crippen LogP contribution in [0, 0.1) is 0 Å². The van der Waals surface area contributed by atoms with Gasteiger partial charge in [0.2, 0.25) is 23.6 Å². The molecule has 4 aromatic rings. The maximum atomic E-state index is 12.9. The lowest BCUT2D eigenvalue weighted by molar-refractivity contribution is -0.117. The second kappa shape index (κ2) is 11.0. The predicted octanol–water partition coefficient (Wildman–Crippen LogP) is 3.92. The van der Waals surface area contributed by atoms with E-state index in [0.29, 0.717) is 46.8 Å². The van der Waals surface area contributed by atoms with Crippen molar-refractivity contribution in [3.8, 4) is 17.1 Å². The Labute approximate surface area is 216 Å². The molecular weight excluding hydrogens is 496 g/mol. The Morgan fingerprint density at radius 2 is 2.08 bits per heavy atom. The van der Waals surface area contributed by atoms with Gasteiger partial charge in [-0.2, -0.15) is 4.68 Å². The zero-order chi connectivity index (χ0) is 25.6. The number of anilines is 1. The number of hydrogen-bond donors (Lipinski definition) is 2. The van der Waals surface area contributed by atoms with Crippen molar-refractivity contribution < 1.29 is 14.0 Å². The lowest BCUT2D eigenvalue weighted by atomic mass is 10.1. The average Bonchev–Trinajstić information content (AvgIpc) is 3.60. The molecule has 5 rings (SSSR count). The molecule has 0 fully saturated rings. The number of amides is 2. The summed E-state index contributed by atoms with van der Waals surface area (Å²) in [5.74, 6) is 0.00308. The van der Waals surface area contributed by atoms with Gasteiger partial charge in [-0.05, 0) is 59.7 Å². The number of nitrogens with one attached hydrogen (secondary N) is 2. The fraction of sp³-hybridized carbons (Fsp3) is 0.160. The van der Waals surface area contributed by atoms with Crippen molar-refractivity contribution in [1.29, 1.82) is 0 Å². The quantitative estimate of drug-likeness (QED) is 0.307. The first-order chi connectivity index (χ1) is 18.1. The number of carbonyl (C=O) groups excluding carboxylic acids is 2. The van der Waals surface area contributed by atoms with Crippen LogP contribution in [-0.2, 0) is 9.59 Å². The number of halogens is 1. The zero-order valence-corrected chi connectivity index (χ0v) is 20.2. The van der Waals surface area contributed by atoms with Crippen LogP contribution in [0.15, 0.2) is 71.4 Å². The third-order valence-corrected chi connectivity index (χ3v) is 5.80. The Hall–Kier alpha value is -4.64. The first-order valence-electron chi connectivity index (χ1n) is 11.5. The fourth-order valence-electron chi connectivity index (χ4n) is 3.79. The largest absolute Gasteiger partial charge is 0.418 e. The molecule has 2 N–H and O–H groups in total. The van der Waals surface area contributed by atoms with Crippen molar-refractivity contribution in [3.63, 3.8) is 0 Å². The Morgan fingerprint density at radius 1 is 1.19 bits per heavy atom. The molecule has 37 heavy (non-hydrogen) atoms. The molecule has 3 heterocycles. The fourth-order valence-corrected chi connectivity index (χ4v) is 3.97. The van der Waals surface area contributed by atoms with E-state index in [-0.39, 0.29) is 23.6 Å². The smallest absolute Gasteiger partial charge is 0.249 e. The Kier molecular flexibility index (Phi) is 7.13. The minimum Gasteiger partial charge on any atom is -0.418 e. The number of rotatable bonds is 4. The first kappa shape index (κ1) is 24.1. The molecule has 1 aliphatic heterocycles. The molecule has 0 aliphatic carbocycles. The summed E-state index contributed by atoms with van der Waals surface area (Å²) in [6, 6.07) is 11.8. The molecule has 1 atom stereocenters. The van der Waals surface area contributed by atoms with Crippen LogP contribution in [0.1, 0.15) is 36.8 Å². The monoisotopic (exact) mass is 516 g/mol. The summed E-state index contributed by atoms with van der Waals surface area (Å²) in [7, 11) is 0. The summed E-state index contributed by atoms with van der Waals surface area (Å²) in [6.07, 6.45) is 9.51. The predicted molar refractivity (Wildman–Crippen MR) is 135 cm³/mol. The van der Waals surface area contributed by atoms with E-state index in [1.807, 2.05) is 24.3 Å². The molecular formula is C25H21ClN8O3. The summed E-state index contributed by atoms with van der Waals surface area (Å²) in [6.45, 7) is 0. The van der Waals surface area contributed by atoms with E-state index in [1.54, 1.807) is 36.4 Å². The third kappa shape index (κ3) is 5.78. The highest BCUT2D eigenvalue weighted by atomic mass is 35.5. The third-order valence-electron chi connectivity index (χ3n) is 5.56. The topological polar surface area (TPSA) is 141 Å². The van der Waals surface area contributed by atoms with Crippen LogP contribution in [0.4, 0.5) is 5.69 Å². The van der Waals surface area contributed by atoms with E-state index in [0.717, 1.165) is 0 Å². The van der Waals surface area contributed by atoms with Gasteiger partial charge in [0.15, 0.2) is 0 Å². The highest BCUT2D eigenvalue weighted by Gasteiger charge is 2.22. The van der Waals surface area contributed by atoms with Crippen LogP contribution in [0.2, 0.25) is 5.02 Å². The van der Waals surface area contributed by atoms with Gasteiger partial charge in [0, 0.05) is 23.1 Å². The van der Waals surface area contributed by atoms with Crippen LogP contribution in [0.3, 0.4) is 0 Å². The number of aromatic nitrogens is 6. The van der Waals surface area contributed by atoms with Gasteiger partial charge in [-0.3, -0.25) is 9.59 Å². The van der Waals surface area contributed by atoms with E-state index in [9.17, 15) is 9.59 Å². The van der Waals surface area contributed by atoms with Crippen molar-refractivity contribution in [2.45, 2.75) is 25.3 Å². The minimum atomic E-state index is -0.579. The minimum absolute atomic E-state index is 0.117. The number of allylic oxidation sites excluding steroid dienone is 1. The molecule has 186 valence electrons.